The average molecular weight is 524 g/mol. The van der Waals surface area contributed by atoms with Crippen molar-refractivity contribution in [1.29, 1.82) is 5.26 Å². The summed E-state index contributed by atoms with van der Waals surface area (Å²) in [5.74, 6) is 0.873. The third-order valence-corrected chi connectivity index (χ3v) is 6.62. The van der Waals surface area contributed by atoms with E-state index < -0.39 is 6.35 Å². The van der Waals surface area contributed by atoms with Crippen LogP contribution in [-0.4, -0.2) is 85.1 Å². The maximum absolute atomic E-state index is 12.0. The lowest BCUT2D eigenvalue weighted by molar-refractivity contribution is -0.120. The fourth-order valence-corrected chi connectivity index (χ4v) is 4.73. The summed E-state index contributed by atoms with van der Waals surface area (Å²) >= 11 is 0. The Morgan fingerprint density at radius 2 is 2.26 bits per heavy atom. The second-order valence-corrected chi connectivity index (χ2v) is 9.26. The number of aromatic nitrogens is 2. The highest BCUT2D eigenvalue weighted by molar-refractivity contribution is 5.76. The molecule has 0 saturated carbocycles. The number of amides is 1. The Labute approximate surface area is 221 Å². The number of pyridine rings is 2. The molecule has 3 N–H and O–H groups in total. The molecule has 1 unspecified atom stereocenters. The van der Waals surface area contributed by atoms with Gasteiger partial charge in [-0.25, -0.2) is 9.97 Å². The molecule has 1 fully saturated rings. The molecule has 2 aliphatic rings. The smallest absolute Gasteiger partial charge is 0.210 e. The molecule has 202 valence electrons. The van der Waals surface area contributed by atoms with Crippen LogP contribution in [0, 0.1) is 11.3 Å². The molecule has 38 heavy (non-hydrogen) atoms. The minimum absolute atomic E-state index is 0.00806. The number of ether oxygens (including phenoxy) is 2. The highest BCUT2D eigenvalue weighted by atomic mass is 16.5. The van der Waals surface area contributed by atoms with Crippen LogP contribution >= 0.6 is 0 Å². The number of aliphatic hydroxyl groups is 1. The van der Waals surface area contributed by atoms with Crippen molar-refractivity contribution in [1.82, 2.24) is 14.9 Å². The second kappa shape index (κ2) is 13.1. The van der Waals surface area contributed by atoms with Crippen molar-refractivity contribution in [3.05, 3.63) is 40.7 Å². The van der Waals surface area contributed by atoms with Gasteiger partial charge in [-0.1, -0.05) is 0 Å². The third kappa shape index (κ3) is 6.55. The number of nitrogens with one attached hydrogen (secondary N) is 2. The molecule has 4 heterocycles. The van der Waals surface area contributed by atoms with E-state index in [0.717, 1.165) is 37.7 Å². The van der Waals surface area contributed by atoms with Gasteiger partial charge in [-0.15, -0.1) is 0 Å². The Kier molecular flexibility index (Phi) is 9.42. The first kappa shape index (κ1) is 27.3. The van der Waals surface area contributed by atoms with Crippen molar-refractivity contribution < 1.29 is 24.2 Å². The molecular formula is C26H33N7O5. The standard InChI is InChI=1S/C26H33N7O5/c1-37-9-6-28-22-11-24(29-13-20(22)12-27)31-26(36)33-7-2-4-18-10-19(23(16-34)30-25(18)33)14-32(17-35)15-21-5-3-8-38-21/h10-11,13,16-17,21,26,36H,2-9,14-15H2,1H3,(H2,28,29,31)/t21-,26?/m1/s1. The molecule has 1 amide bonds. The average Bonchev–Trinajstić information content (AvgIpc) is 3.45. The first-order valence-electron chi connectivity index (χ1n) is 12.7. The van der Waals surface area contributed by atoms with Crippen LogP contribution in [0.2, 0.25) is 0 Å². The number of fused-ring (bicyclic) bond motifs is 1. The molecule has 2 aliphatic heterocycles. The molecule has 0 aliphatic carbocycles. The van der Waals surface area contributed by atoms with Crippen LogP contribution < -0.4 is 15.5 Å². The summed E-state index contributed by atoms with van der Waals surface area (Å²) < 4.78 is 10.7. The molecule has 2 aromatic heterocycles. The zero-order valence-corrected chi connectivity index (χ0v) is 21.4. The topological polar surface area (TPSA) is 153 Å². The molecular weight excluding hydrogens is 490 g/mol. The summed E-state index contributed by atoms with van der Waals surface area (Å²) in [5.41, 5.74) is 2.72. The van der Waals surface area contributed by atoms with E-state index in [4.69, 9.17) is 9.47 Å². The third-order valence-electron chi connectivity index (χ3n) is 6.62. The minimum Gasteiger partial charge on any atom is -0.383 e. The molecule has 4 rings (SSSR count). The summed E-state index contributed by atoms with van der Waals surface area (Å²) in [7, 11) is 1.59. The number of anilines is 3. The van der Waals surface area contributed by atoms with E-state index in [2.05, 4.69) is 26.7 Å². The van der Waals surface area contributed by atoms with Crippen LogP contribution in [0.3, 0.4) is 0 Å². The van der Waals surface area contributed by atoms with Crippen molar-refractivity contribution in [3.63, 3.8) is 0 Å². The van der Waals surface area contributed by atoms with Crippen molar-refractivity contribution >= 4 is 30.0 Å². The van der Waals surface area contributed by atoms with Gasteiger partial charge in [0.05, 0.1) is 24.0 Å². The minimum atomic E-state index is -1.18. The largest absolute Gasteiger partial charge is 0.383 e. The maximum Gasteiger partial charge on any atom is 0.210 e. The Morgan fingerprint density at radius 3 is 2.97 bits per heavy atom. The second-order valence-electron chi connectivity index (χ2n) is 9.26. The first-order chi connectivity index (χ1) is 18.6. The number of carbonyl (C=O) groups is 2. The monoisotopic (exact) mass is 523 g/mol. The molecule has 12 heteroatoms. The normalized spacial score (nSPS) is 17.3. The number of carbonyl (C=O) groups excluding carboxylic acids is 2. The van der Waals surface area contributed by atoms with E-state index in [-0.39, 0.29) is 18.3 Å². The quantitative estimate of drug-likeness (QED) is 0.199. The van der Waals surface area contributed by atoms with Gasteiger partial charge < -0.3 is 35.0 Å². The highest BCUT2D eigenvalue weighted by Gasteiger charge is 2.27. The number of hydrogen-bond donors (Lipinski definition) is 3. The zero-order chi connectivity index (χ0) is 26.9. The lowest BCUT2D eigenvalue weighted by Gasteiger charge is -2.35. The molecule has 2 atom stereocenters. The number of nitrogens with zero attached hydrogens (tertiary/aromatic N) is 5. The summed E-state index contributed by atoms with van der Waals surface area (Å²) in [5, 5.41) is 26.5. The Hall–Kier alpha value is -3.79. The van der Waals surface area contributed by atoms with E-state index in [1.54, 1.807) is 23.0 Å². The maximum atomic E-state index is 12.0. The van der Waals surface area contributed by atoms with Crippen LogP contribution in [0.15, 0.2) is 18.3 Å². The van der Waals surface area contributed by atoms with Gasteiger partial charge in [0.25, 0.3) is 0 Å². The zero-order valence-electron chi connectivity index (χ0n) is 21.4. The van der Waals surface area contributed by atoms with Gasteiger partial charge in [-0.05, 0) is 37.3 Å². The van der Waals surface area contributed by atoms with E-state index in [0.29, 0.717) is 67.6 Å². The van der Waals surface area contributed by atoms with Gasteiger partial charge in [0.1, 0.15) is 23.4 Å². The lowest BCUT2D eigenvalue weighted by Crippen LogP contribution is -2.44. The van der Waals surface area contributed by atoms with Gasteiger partial charge in [-0.3, -0.25) is 9.59 Å². The van der Waals surface area contributed by atoms with Gasteiger partial charge in [0.2, 0.25) is 12.8 Å². The predicted octanol–water partition coefficient (Wildman–Crippen LogP) is 1.50. The summed E-state index contributed by atoms with van der Waals surface area (Å²) in [4.78, 5) is 35.8. The number of rotatable bonds is 13. The van der Waals surface area contributed by atoms with Crippen LogP contribution in [0.4, 0.5) is 17.3 Å². The fraction of sp³-hybridized carbons (Fsp3) is 0.500. The van der Waals surface area contributed by atoms with Crippen molar-refractivity contribution in [2.45, 2.75) is 44.7 Å². The summed E-state index contributed by atoms with van der Waals surface area (Å²) in [6, 6.07) is 5.64. The number of aryl methyl sites for hydroxylation is 1. The summed E-state index contributed by atoms with van der Waals surface area (Å²) in [6.45, 7) is 2.91. The lowest BCUT2D eigenvalue weighted by atomic mass is 10.0. The van der Waals surface area contributed by atoms with E-state index >= 15 is 0 Å². The van der Waals surface area contributed by atoms with Crippen LogP contribution in [0.25, 0.3) is 0 Å². The Morgan fingerprint density at radius 1 is 1.39 bits per heavy atom. The molecule has 0 aromatic carbocycles. The molecule has 12 nitrogen and oxygen atoms in total. The molecule has 1 saturated heterocycles. The van der Waals surface area contributed by atoms with Crippen molar-refractivity contribution in [3.8, 4) is 6.07 Å². The van der Waals surface area contributed by atoms with E-state index in [1.165, 1.54) is 6.20 Å². The van der Waals surface area contributed by atoms with Crippen molar-refractivity contribution in [2.75, 3.05) is 55.5 Å². The summed E-state index contributed by atoms with van der Waals surface area (Å²) in [6.07, 6.45) is 5.10. The number of hydrogen-bond acceptors (Lipinski definition) is 11. The fourth-order valence-electron chi connectivity index (χ4n) is 4.73. The molecule has 0 radical (unpaired) electrons. The SMILES string of the molecule is COCCNc1cc(NC(O)N2CCCc3cc(CN(C=O)C[C@H]4CCCO4)c(C=O)nc32)ncc1C#N. The predicted molar refractivity (Wildman–Crippen MR) is 140 cm³/mol. The van der Waals surface area contributed by atoms with Crippen LogP contribution in [0.1, 0.15) is 46.4 Å². The van der Waals surface area contributed by atoms with Crippen LogP contribution in [-0.2, 0) is 27.2 Å². The highest BCUT2D eigenvalue weighted by Crippen LogP contribution is 2.29. The number of aldehydes is 1. The van der Waals surface area contributed by atoms with E-state index in [1.807, 2.05) is 6.07 Å². The van der Waals surface area contributed by atoms with Gasteiger partial charge in [0.15, 0.2) is 6.29 Å². The van der Waals surface area contributed by atoms with Gasteiger partial charge in [-0.2, -0.15) is 5.26 Å². The first-order valence-corrected chi connectivity index (χ1v) is 12.7. The van der Waals surface area contributed by atoms with E-state index in [9.17, 15) is 20.0 Å². The molecule has 2 aromatic rings. The molecule has 0 spiro atoms. The van der Waals surface area contributed by atoms with Gasteiger partial charge in [0, 0.05) is 57.7 Å². The van der Waals surface area contributed by atoms with Gasteiger partial charge >= 0.3 is 0 Å². The Balaban J connectivity index is 1.51. The van der Waals surface area contributed by atoms with Crippen molar-refractivity contribution in [2.24, 2.45) is 0 Å². The Bertz CT molecular complexity index is 1170. The number of aliphatic hydroxyl groups excluding tert-OH is 1. The number of methoxy groups -OCH3 is 1. The molecule has 0 bridgehead atoms. The van der Waals surface area contributed by atoms with Crippen LogP contribution in [0.5, 0.6) is 0 Å². The number of nitriles is 1.